The normalized spacial score (nSPS) is 13.7. The predicted molar refractivity (Wildman–Crippen MR) is 133 cm³/mol. The van der Waals surface area contributed by atoms with Crippen LogP contribution in [0.1, 0.15) is 60.8 Å². The van der Waals surface area contributed by atoms with E-state index < -0.39 is 0 Å². The van der Waals surface area contributed by atoms with E-state index in [1.165, 1.54) is 6.42 Å². The number of hydrogen-bond acceptors (Lipinski definition) is 6. The molecule has 1 aliphatic carbocycles. The number of carbonyl (C=O) groups is 1. The van der Waals surface area contributed by atoms with E-state index in [1.54, 1.807) is 23.3 Å². The Hall–Kier alpha value is -3.27. The summed E-state index contributed by atoms with van der Waals surface area (Å²) in [6, 6.07) is 6.26. The monoisotopic (exact) mass is 522 g/mol. The smallest absolute Gasteiger partial charge is 0.255 e. The van der Waals surface area contributed by atoms with Gasteiger partial charge in [-0.15, -0.1) is 0 Å². The third-order valence-corrected chi connectivity index (χ3v) is 6.75. The van der Waals surface area contributed by atoms with Crippen molar-refractivity contribution >= 4 is 33.3 Å². The van der Waals surface area contributed by atoms with Gasteiger partial charge in [0.05, 0.1) is 40.4 Å². The largest absolute Gasteiger partial charge is 0.366 e. The summed E-state index contributed by atoms with van der Waals surface area (Å²) in [6.07, 6.45) is 13.2. The van der Waals surface area contributed by atoms with Gasteiger partial charge in [0.25, 0.3) is 11.9 Å². The molecule has 1 aliphatic rings. The van der Waals surface area contributed by atoms with Crippen LogP contribution in [0, 0.1) is 0 Å². The zero-order valence-electron chi connectivity index (χ0n) is 19.0. The summed E-state index contributed by atoms with van der Waals surface area (Å²) in [5.74, 6) is 1.04. The highest BCUT2D eigenvalue weighted by atomic mass is 79.9. The summed E-state index contributed by atoms with van der Waals surface area (Å²) in [6.45, 7) is 2.49. The van der Waals surface area contributed by atoms with Gasteiger partial charge in [0.2, 0.25) is 0 Å². The van der Waals surface area contributed by atoms with Crippen molar-refractivity contribution in [2.45, 2.75) is 58.0 Å². The van der Waals surface area contributed by atoms with Crippen LogP contribution < -0.4 is 10.6 Å². The van der Waals surface area contributed by atoms with E-state index in [9.17, 15) is 4.79 Å². The maximum absolute atomic E-state index is 13.2. The summed E-state index contributed by atoms with van der Waals surface area (Å²) >= 11 is 3.54. The first kappa shape index (κ1) is 22.5. The Bertz CT molecular complexity index is 1310. The van der Waals surface area contributed by atoms with Crippen LogP contribution in [0.25, 0.3) is 11.6 Å². The molecule has 4 aromatic heterocycles. The standard InChI is InChI=1S/C24H27BrN8O/c1-2-3-9-20-18(23(34)27-13-17-12-26-21-10-4-5-11-32(17)21)14-29-33(20)24-28-15-19(25)22(31-24)30-16-7-6-8-16/h4-5,10-12,14-16H,2-3,6-9,13H2,1H3,(H,27,34)(H,28,30,31). The van der Waals surface area contributed by atoms with Gasteiger partial charge >= 0.3 is 0 Å². The molecule has 0 aromatic carbocycles. The first-order chi connectivity index (χ1) is 16.6. The zero-order valence-corrected chi connectivity index (χ0v) is 20.6. The maximum atomic E-state index is 13.2. The molecule has 0 spiro atoms. The molecule has 9 nitrogen and oxygen atoms in total. The molecule has 0 saturated heterocycles. The molecule has 10 heteroatoms. The Balaban J connectivity index is 1.39. The molecule has 1 saturated carbocycles. The van der Waals surface area contributed by atoms with Gasteiger partial charge in [0.1, 0.15) is 11.5 Å². The molecule has 4 aromatic rings. The molecule has 0 radical (unpaired) electrons. The van der Waals surface area contributed by atoms with Crippen LogP contribution >= 0.6 is 15.9 Å². The molecular formula is C24H27BrN8O. The maximum Gasteiger partial charge on any atom is 0.255 e. The number of imidazole rings is 1. The lowest BCUT2D eigenvalue weighted by molar-refractivity contribution is 0.0949. The van der Waals surface area contributed by atoms with Gasteiger partial charge in [0.15, 0.2) is 0 Å². The second-order valence-corrected chi connectivity index (χ2v) is 9.37. The Morgan fingerprint density at radius 2 is 2.09 bits per heavy atom. The van der Waals surface area contributed by atoms with Crippen molar-refractivity contribution in [3.8, 4) is 5.95 Å². The fourth-order valence-electron chi connectivity index (χ4n) is 4.01. The number of fused-ring (bicyclic) bond motifs is 1. The van der Waals surface area contributed by atoms with Crippen LogP contribution in [0.3, 0.4) is 0 Å². The number of rotatable bonds is 9. The quantitative estimate of drug-likeness (QED) is 0.339. The molecule has 176 valence electrons. The van der Waals surface area contributed by atoms with Gasteiger partial charge in [-0.25, -0.2) is 14.6 Å². The van der Waals surface area contributed by atoms with Gasteiger partial charge < -0.3 is 15.0 Å². The molecule has 0 unspecified atom stereocenters. The lowest BCUT2D eigenvalue weighted by atomic mass is 9.93. The zero-order chi connectivity index (χ0) is 23.5. The number of nitrogens with zero attached hydrogens (tertiary/aromatic N) is 6. The Labute approximate surface area is 206 Å². The van der Waals surface area contributed by atoms with E-state index in [2.05, 4.69) is 48.6 Å². The SMILES string of the molecule is CCCCc1c(C(=O)NCc2cnc3ccccn23)cnn1-c1ncc(Br)c(NC2CCC2)n1. The highest BCUT2D eigenvalue weighted by molar-refractivity contribution is 9.10. The number of aromatic nitrogens is 6. The average molecular weight is 523 g/mol. The van der Waals surface area contributed by atoms with Crippen LogP contribution in [-0.4, -0.2) is 41.1 Å². The number of halogens is 1. The van der Waals surface area contributed by atoms with E-state index in [0.29, 0.717) is 30.5 Å². The Morgan fingerprint density at radius 3 is 2.88 bits per heavy atom. The van der Waals surface area contributed by atoms with Crippen molar-refractivity contribution in [2.24, 2.45) is 0 Å². The molecule has 1 fully saturated rings. The van der Waals surface area contributed by atoms with E-state index in [0.717, 1.165) is 53.0 Å². The summed E-state index contributed by atoms with van der Waals surface area (Å²) in [7, 11) is 0. The molecule has 0 bridgehead atoms. The van der Waals surface area contributed by atoms with Crippen molar-refractivity contribution in [1.29, 1.82) is 0 Å². The van der Waals surface area contributed by atoms with Crippen LogP contribution in [0.2, 0.25) is 0 Å². The molecule has 5 rings (SSSR count). The minimum Gasteiger partial charge on any atom is -0.366 e. The highest BCUT2D eigenvalue weighted by Gasteiger charge is 2.22. The predicted octanol–water partition coefficient (Wildman–Crippen LogP) is 4.31. The van der Waals surface area contributed by atoms with E-state index in [1.807, 2.05) is 28.8 Å². The van der Waals surface area contributed by atoms with Gasteiger partial charge in [-0.1, -0.05) is 19.4 Å². The average Bonchev–Trinajstić information content (AvgIpc) is 3.44. The minimum atomic E-state index is -0.173. The second kappa shape index (κ2) is 9.92. The topological polar surface area (TPSA) is 102 Å². The van der Waals surface area contributed by atoms with Crippen molar-refractivity contribution in [3.63, 3.8) is 0 Å². The molecule has 34 heavy (non-hydrogen) atoms. The molecule has 0 atom stereocenters. The number of pyridine rings is 1. The number of nitrogens with one attached hydrogen (secondary N) is 2. The highest BCUT2D eigenvalue weighted by Crippen LogP contribution is 2.27. The van der Waals surface area contributed by atoms with E-state index in [-0.39, 0.29) is 5.91 Å². The number of carbonyl (C=O) groups excluding carboxylic acids is 1. The van der Waals surface area contributed by atoms with Crippen molar-refractivity contribution in [1.82, 2.24) is 34.4 Å². The van der Waals surface area contributed by atoms with Gasteiger partial charge in [-0.3, -0.25) is 4.79 Å². The van der Waals surface area contributed by atoms with Crippen molar-refractivity contribution in [3.05, 3.63) is 64.4 Å². The molecular weight excluding hydrogens is 496 g/mol. The molecule has 0 aliphatic heterocycles. The fourth-order valence-corrected chi connectivity index (χ4v) is 4.31. The fraction of sp³-hybridized carbons (Fsp3) is 0.375. The van der Waals surface area contributed by atoms with Crippen LogP contribution in [0.5, 0.6) is 0 Å². The number of hydrogen-bond donors (Lipinski definition) is 2. The first-order valence-corrected chi connectivity index (χ1v) is 12.5. The van der Waals surface area contributed by atoms with Crippen molar-refractivity contribution < 1.29 is 4.79 Å². The first-order valence-electron chi connectivity index (χ1n) is 11.7. The summed E-state index contributed by atoms with van der Waals surface area (Å²) in [4.78, 5) is 26.7. The third kappa shape index (κ3) is 4.54. The third-order valence-electron chi connectivity index (χ3n) is 6.17. The molecule has 2 N–H and O–H groups in total. The Morgan fingerprint density at radius 1 is 1.21 bits per heavy atom. The molecule has 4 heterocycles. The van der Waals surface area contributed by atoms with Crippen LogP contribution in [0.4, 0.5) is 5.82 Å². The van der Waals surface area contributed by atoms with Gasteiger partial charge in [-0.2, -0.15) is 10.1 Å². The number of amides is 1. The number of anilines is 1. The summed E-state index contributed by atoms with van der Waals surface area (Å²) < 4.78 is 4.47. The number of unbranched alkanes of at least 4 members (excludes halogenated alkanes) is 1. The van der Waals surface area contributed by atoms with Crippen molar-refractivity contribution in [2.75, 3.05) is 5.32 Å². The second-order valence-electron chi connectivity index (χ2n) is 8.52. The van der Waals surface area contributed by atoms with Gasteiger partial charge in [0, 0.05) is 18.4 Å². The van der Waals surface area contributed by atoms with Gasteiger partial charge in [-0.05, 0) is 60.2 Å². The Kier molecular flexibility index (Phi) is 6.57. The summed E-state index contributed by atoms with van der Waals surface area (Å²) in [5, 5.41) is 11.0. The lowest BCUT2D eigenvalue weighted by Gasteiger charge is -2.27. The minimum absolute atomic E-state index is 0.173. The van der Waals surface area contributed by atoms with Crippen LogP contribution in [-0.2, 0) is 13.0 Å². The summed E-state index contributed by atoms with van der Waals surface area (Å²) in [5.41, 5.74) is 3.12. The van der Waals surface area contributed by atoms with Crippen LogP contribution in [0.15, 0.2) is 47.5 Å². The van der Waals surface area contributed by atoms with E-state index >= 15 is 0 Å². The van der Waals surface area contributed by atoms with E-state index in [4.69, 9.17) is 4.98 Å². The molecule has 1 amide bonds. The lowest BCUT2D eigenvalue weighted by Crippen LogP contribution is -2.28.